The number of benzene rings is 1. The van der Waals surface area contributed by atoms with Crippen molar-refractivity contribution in [3.63, 3.8) is 0 Å². The Balaban J connectivity index is 1.65. The van der Waals surface area contributed by atoms with Gasteiger partial charge in [-0.1, -0.05) is 32.0 Å². The Morgan fingerprint density at radius 2 is 1.88 bits per heavy atom. The van der Waals surface area contributed by atoms with Gasteiger partial charge in [0.15, 0.2) is 0 Å². The first-order valence-corrected chi connectivity index (χ1v) is 9.06. The summed E-state index contributed by atoms with van der Waals surface area (Å²) >= 11 is 1.80. The minimum absolute atomic E-state index is 0.242. The zero-order valence-corrected chi connectivity index (χ0v) is 15.4. The van der Waals surface area contributed by atoms with E-state index in [9.17, 15) is 0 Å². The van der Waals surface area contributed by atoms with Crippen LogP contribution < -0.4 is 5.32 Å². The molecule has 4 nitrogen and oxygen atoms in total. The van der Waals surface area contributed by atoms with E-state index in [1.165, 1.54) is 9.88 Å². The zero-order chi connectivity index (χ0) is 17.1. The van der Waals surface area contributed by atoms with Crippen LogP contribution in [0.3, 0.4) is 0 Å². The van der Waals surface area contributed by atoms with E-state index in [0.29, 0.717) is 18.4 Å². The first-order chi connectivity index (χ1) is 11.5. The van der Waals surface area contributed by atoms with Gasteiger partial charge in [-0.2, -0.15) is 0 Å². The molecular formula is C19H23N3OS. The van der Waals surface area contributed by atoms with Crippen LogP contribution >= 0.6 is 11.3 Å². The number of hydrogen-bond donors (Lipinski definition) is 1. The summed E-state index contributed by atoms with van der Waals surface area (Å²) in [6.07, 6.45) is 1.72. The lowest BCUT2D eigenvalue weighted by Crippen LogP contribution is -2.18. The van der Waals surface area contributed by atoms with Gasteiger partial charge in [0, 0.05) is 28.9 Å². The van der Waals surface area contributed by atoms with Gasteiger partial charge in [0.1, 0.15) is 6.26 Å². The number of rotatable bonds is 6. The lowest BCUT2D eigenvalue weighted by atomic mass is 10.2. The maximum absolute atomic E-state index is 5.59. The number of aryl methyl sites for hydroxylation is 1. The molecule has 3 aromatic rings. The fourth-order valence-electron chi connectivity index (χ4n) is 2.53. The first-order valence-electron chi connectivity index (χ1n) is 8.25. The van der Waals surface area contributed by atoms with Crippen LogP contribution in [0, 0.1) is 6.92 Å². The number of hydrogen-bond acceptors (Lipinski definition) is 5. The van der Waals surface area contributed by atoms with Crippen molar-refractivity contribution in [1.82, 2.24) is 15.3 Å². The molecule has 1 unspecified atom stereocenters. The fourth-order valence-corrected chi connectivity index (χ4v) is 3.63. The monoisotopic (exact) mass is 341 g/mol. The molecule has 2 heterocycles. The molecular weight excluding hydrogens is 318 g/mol. The van der Waals surface area contributed by atoms with Crippen molar-refractivity contribution in [3.05, 3.63) is 57.9 Å². The van der Waals surface area contributed by atoms with Crippen molar-refractivity contribution < 1.29 is 4.42 Å². The standard InChI is InChI=1S/C19H23N3OS/c1-12(2)19-21-14(4)17(24-19)13(3)20-10-16-11-23-18(22-16)15-8-6-5-7-9-15/h5-9,11-13,20H,10H2,1-4H3. The van der Waals surface area contributed by atoms with E-state index in [2.05, 4.69) is 43.0 Å². The van der Waals surface area contributed by atoms with E-state index in [0.717, 1.165) is 17.0 Å². The molecule has 0 bridgehead atoms. The van der Waals surface area contributed by atoms with E-state index in [1.807, 2.05) is 30.3 Å². The molecule has 0 aliphatic carbocycles. The summed E-state index contributed by atoms with van der Waals surface area (Å²) in [5, 5.41) is 4.72. The summed E-state index contributed by atoms with van der Waals surface area (Å²) in [7, 11) is 0. The summed E-state index contributed by atoms with van der Waals surface area (Å²) in [6.45, 7) is 9.29. The summed E-state index contributed by atoms with van der Waals surface area (Å²) in [5.74, 6) is 1.13. The van der Waals surface area contributed by atoms with Crippen LogP contribution in [0.1, 0.15) is 54.0 Å². The van der Waals surface area contributed by atoms with Gasteiger partial charge < -0.3 is 9.73 Å². The fraction of sp³-hybridized carbons (Fsp3) is 0.368. The molecule has 0 aliphatic heterocycles. The minimum Gasteiger partial charge on any atom is -0.444 e. The van der Waals surface area contributed by atoms with Crippen molar-refractivity contribution in [2.75, 3.05) is 0 Å². The molecule has 3 rings (SSSR count). The molecule has 1 N–H and O–H groups in total. The number of aromatic nitrogens is 2. The van der Waals surface area contributed by atoms with Gasteiger partial charge in [-0.05, 0) is 26.0 Å². The van der Waals surface area contributed by atoms with Crippen LogP contribution in [0.2, 0.25) is 0 Å². The highest BCUT2D eigenvalue weighted by atomic mass is 32.1. The molecule has 0 spiro atoms. The maximum Gasteiger partial charge on any atom is 0.226 e. The quantitative estimate of drug-likeness (QED) is 0.679. The normalized spacial score (nSPS) is 12.7. The zero-order valence-electron chi connectivity index (χ0n) is 14.5. The Morgan fingerprint density at radius 1 is 1.12 bits per heavy atom. The third-order valence-electron chi connectivity index (χ3n) is 3.90. The molecule has 1 atom stereocenters. The summed E-state index contributed by atoms with van der Waals surface area (Å²) < 4.78 is 5.59. The number of nitrogens with one attached hydrogen (secondary N) is 1. The van der Waals surface area contributed by atoms with Gasteiger partial charge >= 0.3 is 0 Å². The number of nitrogens with zero attached hydrogens (tertiary/aromatic N) is 2. The Kier molecular flexibility index (Phi) is 5.11. The van der Waals surface area contributed by atoms with E-state index >= 15 is 0 Å². The van der Waals surface area contributed by atoms with Gasteiger partial charge in [0.2, 0.25) is 5.89 Å². The topological polar surface area (TPSA) is 51.0 Å². The lowest BCUT2D eigenvalue weighted by molar-refractivity contribution is 0.556. The molecule has 0 fully saturated rings. The SMILES string of the molecule is Cc1nc(C(C)C)sc1C(C)NCc1coc(-c2ccccc2)n1. The second-order valence-electron chi connectivity index (χ2n) is 6.27. The Hall–Kier alpha value is -1.98. The second-order valence-corrected chi connectivity index (χ2v) is 7.33. The van der Waals surface area contributed by atoms with Crippen molar-refractivity contribution in [1.29, 1.82) is 0 Å². The highest BCUT2D eigenvalue weighted by Gasteiger charge is 2.16. The van der Waals surface area contributed by atoms with Crippen molar-refractivity contribution in [2.45, 2.75) is 46.2 Å². The highest BCUT2D eigenvalue weighted by Crippen LogP contribution is 2.29. The van der Waals surface area contributed by atoms with Crippen molar-refractivity contribution in [2.24, 2.45) is 0 Å². The Morgan fingerprint density at radius 3 is 2.54 bits per heavy atom. The van der Waals surface area contributed by atoms with E-state index in [1.54, 1.807) is 17.6 Å². The lowest BCUT2D eigenvalue weighted by Gasteiger charge is -2.11. The maximum atomic E-state index is 5.59. The largest absolute Gasteiger partial charge is 0.444 e. The van der Waals surface area contributed by atoms with Gasteiger partial charge in [-0.3, -0.25) is 0 Å². The molecule has 0 aliphatic rings. The van der Waals surface area contributed by atoms with Gasteiger partial charge in [-0.25, -0.2) is 9.97 Å². The minimum atomic E-state index is 0.242. The molecule has 5 heteroatoms. The molecule has 0 amide bonds. The average molecular weight is 341 g/mol. The molecule has 126 valence electrons. The summed E-state index contributed by atoms with van der Waals surface area (Å²) in [6, 6.07) is 10.2. The van der Waals surface area contributed by atoms with Crippen LogP contribution in [0.4, 0.5) is 0 Å². The van der Waals surface area contributed by atoms with Crippen LogP contribution in [-0.4, -0.2) is 9.97 Å². The molecule has 0 saturated heterocycles. The van der Waals surface area contributed by atoms with E-state index in [-0.39, 0.29) is 6.04 Å². The Bertz CT molecular complexity index is 792. The third kappa shape index (κ3) is 3.74. The van der Waals surface area contributed by atoms with Crippen molar-refractivity contribution in [3.8, 4) is 11.5 Å². The first kappa shape index (κ1) is 16.9. The van der Waals surface area contributed by atoms with Gasteiger partial charge in [0.25, 0.3) is 0 Å². The van der Waals surface area contributed by atoms with Gasteiger partial charge in [0.05, 0.1) is 16.4 Å². The summed E-state index contributed by atoms with van der Waals surface area (Å²) in [5.41, 5.74) is 3.03. The smallest absolute Gasteiger partial charge is 0.226 e. The molecule has 0 radical (unpaired) electrons. The molecule has 0 saturated carbocycles. The summed E-state index contributed by atoms with van der Waals surface area (Å²) in [4.78, 5) is 10.5. The predicted octanol–water partition coefficient (Wildman–Crippen LogP) is 5.08. The Labute approximate surface area is 147 Å². The second kappa shape index (κ2) is 7.28. The van der Waals surface area contributed by atoms with Crippen LogP contribution in [-0.2, 0) is 6.54 Å². The average Bonchev–Trinajstić information content (AvgIpc) is 3.20. The van der Waals surface area contributed by atoms with Crippen LogP contribution in [0.25, 0.3) is 11.5 Å². The van der Waals surface area contributed by atoms with Gasteiger partial charge in [-0.15, -0.1) is 11.3 Å². The van der Waals surface area contributed by atoms with Crippen LogP contribution in [0.15, 0.2) is 41.0 Å². The van der Waals surface area contributed by atoms with E-state index < -0.39 is 0 Å². The predicted molar refractivity (Wildman–Crippen MR) is 98.1 cm³/mol. The van der Waals surface area contributed by atoms with Crippen molar-refractivity contribution >= 4 is 11.3 Å². The third-order valence-corrected chi connectivity index (χ3v) is 5.54. The molecule has 1 aromatic carbocycles. The highest BCUT2D eigenvalue weighted by molar-refractivity contribution is 7.11. The number of oxazole rings is 1. The van der Waals surface area contributed by atoms with E-state index in [4.69, 9.17) is 4.42 Å². The molecule has 24 heavy (non-hydrogen) atoms. The van der Waals surface area contributed by atoms with Crippen LogP contribution in [0.5, 0.6) is 0 Å². The molecule has 2 aromatic heterocycles. The number of thiazole rings is 1.